The van der Waals surface area contributed by atoms with Gasteiger partial charge in [0.25, 0.3) is 12.3 Å². The zero-order valence-corrected chi connectivity index (χ0v) is 31.5. The van der Waals surface area contributed by atoms with Crippen LogP contribution in [0.25, 0.3) is 22.3 Å². The molecule has 2 aromatic carbocycles. The number of hydrogen-bond donors (Lipinski definition) is 2. The van der Waals surface area contributed by atoms with Crippen molar-refractivity contribution in [2.75, 3.05) is 50.0 Å². The van der Waals surface area contributed by atoms with Crippen LogP contribution in [0.4, 0.5) is 30.4 Å². The van der Waals surface area contributed by atoms with Crippen LogP contribution in [0.2, 0.25) is 0 Å². The zero-order valence-electron chi connectivity index (χ0n) is 31.5. The molecule has 0 unspecified atom stereocenters. The van der Waals surface area contributed by atoms with Crippen LogP contribution >= 0.6 is 0 Å². The molecule has 5 heterocycles. The SMILES string of the molecule is CNC(=O)c1cc(Nc2nc(-c3ccc4c(c3)N([C@H]3C[C@@H](N5CCCCC5)C3)C(=O)C43CCN(CC(F)F)CC3)cc3ncn(C(C)C)c23)c(F)cc1C. The van der Waals surface area contributed by atoms with Crippen molar-refractivity contribution >= 4 is 40.0 Å². The van der Waals surface area contributed by atoms with E-state index in [0.29, 0.717) is 65.6 Å². The van der Waals surface area contributed by atoms with E-state index in [1.807, 2.05) is 41.5 Å². The molecule has 8 rings (SSSR count). The summed E-state index contributed by atoms with van der Waals surface area (Å²) in [7, 11) is 1.54. The monoisotopic (exact) mass is 742 g/mol. The summed E-state index contributed by atoms with van der Waals surface area (Å²) in [4.78, 5) is 43.5. The van der Waals surface area contributed by atoms with E-state index in [1.54, 1.807) is 18.2 Å². The van der Waals surface area contributed by atoms with E-state index in [2.05, 4.69) is 21.6 Å². The van der Waals surface area contributed by atoms with Crippen LogP contribution in [0.5, 0.6) is 0 Å². The molecule has 0 radical (unpaired) electrons. The maximum Gasteiger partial charge on any atom is 0.251 e. The topological polar surface area (TPSA) is 98.6 Å². The minimum atomic E-state index is -2.41. The van der Waals surface area contributed by atoms with E-state index in [4.69, 9.17) is 9.97 Å². The lowest BCUT2D eigenvalue weighted by molar-refractivity contribution is -0.126. The zero-order chi connectivity index (χ0) is 37.9. The van der Waals surface area contributed by atoms with Gasteiger partial charge < -0.3 is 25.0 Å². The van der Waals surface area contributed by atoms with Gasteiger partial charge in [-0.1, -0.05) is 18.6 Å². The highest BCUT2D eigenvalue weighted by molar-refractivity contribution is 6.09. The minimum absolute atomic E-state index is 0.0339. The first-order valence-electron chi connectivity index (χ1n) is 19.4. The molecule has 13 heteroatoms. The fourth-order valence-corrected chi connectivity index (χ4v) is 9.22. The Hall–Kier alpha value is -4.49. The number of amides is 2. The Morgan fingerprint density at radius 1 is 1.00 bits per heavy atom. The summed E-state index contributed by atoms with van der Waals surface area (Å²) in [5.41, 5.74) is 4.78. The molecular formula is C41H49F3N8O2. The molecule has 54 heavy (non-hydrogen) atoms. The first-order valence-corrected chi connectivity index (χ1v) is 19.4. The standard InChI is InChI=1S/C41H49F3N8O2/c1-24(2)51-23-46-34-21-32(47-38(37(34)51)48-33-20-29(39(53)45-4)25(3)16-31(33)42)26-8-9-30-35(17-26)52(28-18-27(19-28)50-12-6-5-7-13-50)40(54)41(30)10-14-49(15-11-41)22-36(43)44/h8-9,16-17,20-21,23-24,27-28,36H,5-7,10-15,18-19,22H2,1-4H3,(H,45,53)(H,47,48)/t27-,28+. The number of aryl methyl sites for hydroxylation is 1. The van der Waals surface area contributed by atoms with Crippen molar-refractivity contribution in [2.24, 2.45) is 0 Å². The highest BCUT2D eigenvalue weighted by Gasteiger charge is 2.55. The van der Waals surface area contributed by atoms with Gasteiger partial charge in [-0.25, -0.2) is 23.1 Å². The molecule has 0 bridgehead atoms. The average molecular weight is 743 g/mol. The van der Waals surface area contributed by atoms with Crippen molar-refractivity contribution in [1.29, 1.82) is 0 Å². The number of carbonyl (C=O) groups is 2. The quantitative estimate of drug-likeness (QED) is 0.187. The first-order chi connectivity index (χ1) is 26.0. The Balaban J connectivity index is 1.19. The van der Waals surface area contributed by atoms with Crippen LogP contribution in [0, 0.1) is 12.7 Å². The van der Waals surface area contributed by atoms with Crippen molar-refractivity contribution in [3.8, 4) is 11.3 Å². The lowest BCUT2D eigenvalue weighted by Gasteiger charge is -2.48. The summed E-state index contributed by atoms with van der Waals surface area (Å²) < 4.78 is 44.2. The summed E-state index contributed by atoms with van der Waals surface area (Å²) in [6.07, 6.45) is 5.84. The number of benzene rings is 2. The molecule has 2 amide bonds. The van der Waals surface area contributed by atoms with Crippen molar-refractivity contribution in [1.82, 2.24) is 29.7 Å². The van der Waals surface area contributed by atoms with Crippen LogP contribution in [-0.2, 0) is 10.2 Å². The van der Waals surface area contributed by atoms with Crippen molar-refractivity contribution in [3.63, 3.8) is 0 Å². The van der Waals surface area contributed by atoms with Gasteiger partial charge in [0.15, 0.2) is 5.82 Å². The molecule has 2 N–H and O–H groups in total. The van der Waals surface area contributed by atoms with Crippen molar-refractivity contribution < 1.29 is 22.8 Å². The Morgan fingerprint density at radius 2 is 1.74 bits per heavy atom. The number of fused-ring (bicyclic) bond motifs is 3. The molecule has 3 fully saturated rings. The van der Waals surface area contributed by atoms with Gasteiger partial charge in [0.05, 0.1) is 35.2 Å². The number of aromatic nitrogens is 3. The predicted molar refractivity (Wildman–Crippen MR) is 204 cm³/mol. The molecule has 0 atom stereocenters. The smallest absolute Gasteiger partial charge is 0.251 e. The molecule has 2 aromatic heterocycles. The van der Waals surface area contributed by atoms with Gasteiger partial charge in [-0.3, -0.25) is 14.5 Å². The third kappa shape index (κ3) is 6.32. The number of rotatable bonds is 9. The van der Waals surface area contributed by atoms with Gasteiger partial charge in [-0.2, -0.15) is 0 Å². The summed E-state index contributed by atoms with van der Waals surface area (Å²) >= 11 is 0. The van der Waals surface area contributed by atoms with E-state index < -0.39 is 17.7 Å². The highest BCUT2D eigenvalue weighted by Crippen LogP contribution is 2.52. The molecule has 10 nitrogen and oxygen atoms in total. The van der Waals surface area contributed by atoms with Crippen LogP contribution < -0.4 is 15.5 Å². The van der Waals surface area contributed by atoms with E-state index >= 15 is 4.39 Å². The Kier molecular flexibility index (Phi) is 9.66. The molecule has 4 aliphatic rings. The van der Waals surface area contributed by atoms with E-state index in [9.17, 15) is 18.4 Å². The van der Waals surface area contributed by atoms with Crippen LogP contribution in [0.1, 0.15) is 86.3 Å². The number of anilines is 3. The van der Waals surface area contributed by atoms with Gasteiger partial charge in [0.1, 0.15) is 11.3 Å². The lowest BCUT2D eigenvalue weighted by Crippen LogP contribution is -2.58. The van der Waals surface area contributed by atoms with E-state index in [0.717, 1.165) is 42.7 Å². The number of pyridine rings is 1. The highest BCUT2D eigenvalue weighted by atomic mass is 19.3. The second-order valence-electron chi connectivity index (χ2n) is 15.9. The van der Waals surface area contributed by atoms with Gasteiger partial charge in [0.2, 0.25) is 5.91 Å². The second-order valence-corrected chi connectivity index (χ2v) is 15.9. The number of imidazole rings is 1. The number of carbonyl (C=O) groups excluding carboxylic acids is 2. The normalized spacial score (nSPS) is 21.6. The summed E-state index contributed by atoms with van der Waals surface area (Å²) in [5, 5.41) is 5.83. The van der Waals surface area contributed by atoms with Crippen LogP contribution in [0.3, 0.4) is 0 Å². The summed E-state index contributed by atoms with van der Waals surface area (Å²) in [5.74, 6) is -0.371. The van der Waals surface area contributed by atoms with Crippen LogP contribution in [0.15, 0.2) is 42.7 Å². The number of likely N-dealkylation sites (tertiary alicyclic amines) is 2. The van der Waals surface area contributed by atoms with Gasteiger partial charge in [-0.05, 0) is 121 Å². The summed E-state index contributed by atoms with van der Waals surface area (Å²) in [6, 6.07) is 11.4. The molecule has 1 aliphatic carbocycles. The minimum Gasteiger partial charge on any atom is -0.355 e. The molecule has 286 valence electrons. The number of hydrogen-bond acceptors (Lipinski definition) is 7. The van der Waals surface area contributed by atoms with Crippen molar-refractivity contribution in [3.05, 3.63) is 65.2 Å². The largest absolute Gasteiger partial charge is 0.355 e. The maximum atomic E-state index is 15.5. The maximum absolute atomic E-state index is 15.5. The average Bonchev–Trinajstić information content (AvgIpc) is 3.67. The number of nitrogens with zero attached hydrogens (tertiary/aromatic N) is 6. The van der Waals surface area contributed by atoms with Gasteiger partial charge >= 0.3 is 0 Å². The van der Waals surface area contributed by atoms with Gasteiger partial charge in [0, 0.05) is 42.0 Å². The third-order valence-electron chi connectivity index (χ3n) is 12.3. The molecule has 1 saturated carbocycles. The fraction of sp³-hybridized carbons (Fsp3) is 0.512. The molecular weight excluding hydrogens is 693 g/mol. The molecule has 4 aromatic rings. The van der Waals surface area contributed by atoms with E-state index in [-0.39, 0.29) is 36.1 Å². The molecule has 3 aliphatic heterocycles. The fourth-order valence-electron chi connectivity index (χ4n) is 9.22. The van der Waals surface area contributed by atoms with E-state index in [1.165, 1.54) is 38.4 Å². The molecule has 1 spiro atoms. The third-order valence-corrected chi connectivity index (χ3v) is 12.3. The number of nitrogens with one attached hydrogen (secondary N) is 2. The predicted octanol–water partition coefficient (Wildman–Crippen LogP) is 7.19. The molecule has 2 saturated heterocycles. The summed E-state index contributed by atoms with van der Waals surface area (Å²) in [6.45, 7) is 8.56. The number of alkyl halides is 2. The second kappa shape index (κ2) is 14.3. The van der Waals surface area contributed by atoms with Gasteiger partial charge in [-0.15, -0.1) is 0 Å². The van der Waals surface area contributed by atoms with Crippen LogP contribution in [-0.4, -0.2) is 94.4 Å². The Morgan fingerprint density at radius 3 is 2.43 bits per heavy atom. The lowest BCUT2D eigenvalue weighted by atomic mass is 9.73. The number of halogens is 3. The Labute approximate surface area is 314 Å². The first kappa shape index (κ1) is 36.5. The van der Waals surface area contributed by atoms with Crippen molar-refractivity contribution in [2.45, 2.75) is 95.7 Å². The number of piperidine rings is 2. The Bertz CT molecular complexity index is 2080.